The summed E-state index contributed by atoms with van der Waals surface area (Å²) in [5.74, 6) is 0.849. The van der Waals surface area contributed by atoms with Crippen molar-refractivity contribution in [3.8, 4) is 22.8 Å². The molecule has 3 nitrogen and oxygen atoms in total. The van der Waals surface area contributed by atoms with Gasteiger partial charge in [0.05, 0.1) is 17.5 Å². The minimum Gasteiger partial charge on any atom is -0.447 e. The summed E-state index contributed by atoms with van der Waals surface area (Å²) in [5.41, 5.74) is 5.29. The fourth-order valence-electron chi connectivity index (χ4n) is 3.59. The quantitative estimate of drug-likeness (QED) is 0.380. The molecule has 0 fully saturated rings. The predicted octanol–water partition coefficient (Wildman–Crippen LogP) is 6.34. The number of hydrogen-bond acceptors (Lipinski definition) is 2. The van der Waals surface area contributed by atoms with Crippen LogP contribution in [-0.2, 0) is 0 Å². The molecule has 1 aromatic heterocycles. The number of fused-ring (bicyclic) bond motifs is 1. The van der Waals surface area contributed by atoms with Gasteiger partial charge in [-0.25, -0.2) is 0 Å². The maximum atomic E-state index is 6.00. The van der Waals surface area contributed by atoms with Crippen LogP contribution in [0.5, 0.6) is 5.88 Å². The van der Waals surface area contributed by atoms with Crippen LogP contribution in [0.15, 0.2) is 102 Å². The third-order valence-electron chi connectivity index (χ3n) is 4.92. The number of aromatic nitrogens is 2. The molecule has 1 aliphatic heterocycles. The van der Waals surface area contributed by atoms with E-state index < -0.39 is 0 Å². The van der Waals surface area contributed by atoms with Crippen LogP contribution >= 0.6 is 15.9 Å². The van der Waals surface area contributed by atoms with Crippen molar-refractivity contribution in [3.05, 3.63) is 113 Å². The van der Waals surface area contributed by atoms with Crippen LogP contribution in [-0.4, -0.2) is 9.78 Å². The lowest BCUT2D eigenvalue weighted by atomic mass is 9.88. The van der Waals surface area contributed by atoms with E-state index in [-0.39, 0.29) is 5.92 Å². The standard InChI is InChI=1S/C24H17BrN2O/c25-19-11-13-20(14-12-19)27-24-22(23(26-27)18-9-5-2-6-10-18)21(15-16-28-24)17-7-3-1-4-8-17/h1-16,21H/t21-/m1/s1. The smallest absolute Gasteiger partial charge is 0.226 e. The summed E-state index contributed by atoms with van der Waals surface area (Å²) in [6.45, 7) is 0. The van der Waals surface area contributed by atoms with Crippen molar-refractivity contribution in [1.82, 2.24) is 9.78 Å². The lowest BCUT2D eigenvalue weighted by Crippen LogP contribution is -2.07. The lowest BCUT2D eigenvalue weighted by molar-refractivity contribution is 0.424. The van der Waals surface area contributed by atoms with Gasteiger partial charge in [0, 0.05) is 16.0 Å². The first kappa shape index (κ1) is 17.0. The normalized spacial score (nSPS) is 15.1. The number of rotatable bonds is 3. The minimum atomic E-state index is 0.0874. The van der Waals surface area contributed by atoms with Crippen molar-refractivity contribution in [2.45, 2.75) is 5.92 Å². The zero-order chi connectivity index (χ0) is 18.9. The van der Waals surface area contributed by atoms with Gasteiger partial charge in [0.2, 0.25) is 5.88 Å². The highest BCUT2D eigenvalue weighted by Crippen LogP contribution is 2.43. The van der Waals surface area contributed by atoms with E-state index in [1.807, 2.05) is 53.2 Å². The zero-order valence-electron chi connectivity index (χ0n) is 15.0. The second-order valence-corrected chi connectivity index (χ2v) is 7.57. The molecular weight excluding hydrogens is 412 g/mol. The van der Waals surface area contributed by atoms with Crippen LogP contribution < -0.4 is 4.74 Å². The Morgan fingerprint density at radius 2 is 1.50 bits per heavy atom. The van der Waals surface area contributed by atoms with Gasteiger partial charge in [-0.1, -0.05) is 76.6 Å². The Morgan fingerprint density at radius 3 is 2.21 bits per heavy atom. The maximum Gasteiger partial charge on any atom is 0.226 e. The first-order chi connectivity index (χ1) is 13.8. The lowest BCUT2D eigenvalue weighted by Gasteiger charge is -2.20. The summed E-state index contributed by atoms with van der Waals surface area (Å²) in [6.07, 6.45) is 3.86. The van der Waals surface area contributed by atoms with Crippen LogP contribution in [0.1, 0.15) is 17.0 Å². The number of benzene rings is 3. The summed E-state index contributed by atoms with van der Waals surface area (Å²) in [6, 6.07) is 28.8. The van der Waals surface area contributed by atoms with Gasteiger partial charge in [-0.2, -0.15) is 9.78 Å². The molecule has 4 heteroatoms. The SMILES string of the molecule is Brc1ccc(-n2nc(-c3ccccc3)c3c2OC=C[C@@H]3c2ccccc2)cc1. The molecule has 0 saturated heterocycles. The molecule has 1 aliphatic rings. The summed E-state index contributed by atoms with van der Waals surface area (Å²) in [5, 5.41) is 4.97. The molecule has 1 atom stereocenters. The van der Waals surface area contributed by atoms with E-state index in [0.717, 1.165) is 32.9 Å². The van der Waals surface area contributed by atoms with Gasteiger partial charge in [0.15, 0.2) is 0 Å². The fourth-order valence-corrected chi connectivity index (χ4v) is 3.86. The van der Waals surface area contributed by atoms with Crippen LogP contribution in [0.25, 0.3) is 16.9 Å². The molecule has 0 bridgehead atoms. The Morgan fingerprint density at radius 1 is 0.821 bits per heavy atom. The van der Waals surface area contributed by atoms with Crippen molar-refractivity contribution in [3.63, 3.8) is 0 Å². The maximum absolute atomic E-state index is 6.00. The van der Waals surface area contributed by atoms with Crippen molar-refractivity contribution >= 4 is 15.9 Å². The molecule has 0 saturated carbocycles. The average Bonchev–Trinajstić information content (AvgIpc) is 3.15. The van der Waals surface area contributed by atoms with Crippen LogP contribution in [0.2, 0.25) is 0 Å². The molecule has 0 unspecified atom stereocenters. The monoisotopic (exact) mass is 428 g/mol. The Hall–Kier alpha value is -3.11. The van der Waals surface area contributed by atoms with Gasteiger partial charge in [0.1, 0.15) is 5.69 Å². The van der Waals surface area contributed by atoms with E-state index in [1.165, 1.54) is 5.56 Å². The first-order valence-corrected chi connectivity index (χ1v) is 9.93. The highest BCUT2D eigenvalue weighted by atomic mass is 79.9. The van der Waals surface area contributed by atoms with E-state index in [1.54, 1.807) is 6.26 Å². The van der Waals surface area contributed by atoms with E-state index in [4.69, 9.17) is 9.84 Å². The van der Waals surface area contributed by atoms with Gasteiger partial charge < -0.3 is 4.74 Å². The topological polar surface area (TPSA) is 27.1 Å². The Kier molecular flexibility index (Phi) is 4.34. The number of hydrogen-bond donors (Lipinski definition) is 0. The summed E-state index contributed by atoms with van der Waals surface area (Å²) in [7, 11) is 0. The number of ether oxygens (including phenoxy) is 1. The van der Waals surface area contributed by atoms with Gasteiger partial charge >= 0.3 is 0 Å². The third-order valence-corrected chi connectivity index (χ3v) is 5.45. The molecule has 0 radical (unpaired) electrons. The first-order valence-electron chi connectivity index (χ1n) is 9.14. The molecule has 3 aromatic carbocycles. The predicted molar refractivity (Wildman–Crippen MR) is 115 cm³/mol. The molecule has 2 heterocycles. The highest BCUT2D eigenvalue weighted by Gasteiger charge is 2.30. The summed E-state index contributed by atoms with van der Waals surface area (Å²) < 4.78 is 8.92. The molecule has 4 aromatic rings. The Bertz CT molecular complexity index is 1130. The second kappa shape index (κ2) is 7.13. The molecule has 28 heavy (non-hydrogen) atoms. The highest BCUT2D eigenvalue weighted by molar-refractivity contribution is 9.10. The van der Waals surface area contributed by atoms with E-state index >= 15 is 0 Å². The third kappa shape index (κ3) is 2.96. The Balaban J connectivity index is 1.75. The molecule has 0 spiro atoms. The largest absolute Gasteiger partial charge is 0.447 e. The number of halogens is 1. The summed E-state index contributed by atoms with van der Waals surface area (Å²) in [4.78, 5) is 0. The van der Waals surface area contributed by atoms with E-state index in [9.17, 15) is 0 Å². The van der Waals surface area contributed by atoms with Gasteiger partial charge in [-0.3, -0.25) is 0 Å². The molecule has 0 aliphatic carbocycles. The Labute approximate surface area is 172 Å². The summed E-state index contributed by atoms with van der Waals surface area (Å²) >= 11 is 3.50. The van der Waals surface area contributed by atoms with E-state index in [2.05, 4.69) is 58.4 Å². The minimum absolute atomic E-state index is 0.0874. The molecular formula is C24H17BrN2O. The van der Waals surface area contributed by atoms with Crippen molar-refractivity contribution in [2.24, 2.45) is 0 Å². The second-order valence-electron chi connectivity index (χ2n) is 6.66. The molecule has 0 amide bonds. The van der Waals surface area contributed by atoms with Crippen LogP contribution in [0.4, 0.5) is 0 Å². The van der Waals surface area contributed by atoms with Gasteiger partial charge in [-0.15, -0.1) is 0 Å². The van der Waals surface area contributed by atoms with Crippen LogP contribution in [0, 0.1) is 0 Å². The number of allylic oxidation sites excluding steroid dienone is 1. The molecule has 0 N–H and O–H groups in total. The van der Waals surface area contributed by atoms with Gasteiger partial charge in [-0.05, 0) is 35.9 Å². The zero-order valence-corrected chi connectivity index (χ0v) is 16.6. The van der Waals surface area contributed by atoms with E-state index in [0.29, 0.717) is 0 Å². The van der Waals surface area contributed by atoms with Crippen molar-refractivity contribution < 1.29 is 4.74 Å². The molecule has 5 rings (SSSR count). The average molecular weight is 429 g/mol. The number of nitrogens with zero attached hydrogens (tertiary/aromatic N) is 2. The fraction of sp³-hybridized carbons (Fsp3) is 0.0417. The van der Waals surface area contributed by atoms with Gasteiger partial charge in [0.25, 0.3) is 0 Å². The van der Waals surface area contributed by atoms with Crippen molar-refractivity contribution in [2.75, 3.05) is 0 Å². The molecule has 136 valence electrons. The van der Waals surface area contributed by atoms with Crippen LogP contribution in [0.3, 0.4) is 0 Å². The van der Waals surface area contributed by atoms with Crippen molar-refractivity contribution in [1.29, 1.82) is 0 Å².